The number of likely N-dealkylation sites (N-methyl/N-ethyl adjacent to an activating group) is 1. The van der Waals surface area contributed by atoms with Crippen LogP contribution in [0, 0.1) is 11.3 Å². The number of aromatic hydroxyl groups is 1. The molecule has 1 atom stereocenters. The second-order valence-electron chi connectivity index (χ2n) is 4.58. The lowest BCUT2D eigenvalue weighted by atomic mass is 10.1. The van der Waals surface area contributed by atoms with Crippen molar-refractivity contribution in [2.75, 3.05) is 33.2 Å². The lowest BCUT2D eigenvalue weighted by Crippen LogP contribution is -2.45. The summed E-state index contributed by atoms with van der Waals surface area (Å²) < 4.78 is 0.634. The summed E-state index contributed by atoms with van der Waals surface area (Å²) in [6.45, 7) is 3.76. The van der Waals surface area contributed by atoms with Crippen LogP contribution in [-0.2, 0) is 0 Å². The molecule has 1 fully saturated rings. The first-order valence-electron chi connectivity index (χ1n) is 5.92. The highest BCUT2D eigenvalue weighted by Crippen LogP contribution is 2.29. The number of hydrogen-bond acceptors (Lipinski definition) is 4. The van der Waals surface area contributed by atoms with Gasteiger partial charge in [-0.15, -0.1) is 0 Å². The molecule has 0 aromatic heterocycles. The maximum Gasteiger partial charge on any atom is 0.129 e. The molecule has 1 heterocycles. The Balaban J connectivity index is 2.18. The number of halogens is 1. The predicted molar refractivity (Wildman–Crippen MR) is 73.2 cm³/mol. The molecule has 0 aliphatic carbocycles. The Morgan fingerprint density at radius 2 is 2.00 bits per heavy atom. The first kappa shape index (κ1) is 13.3. The molecule has 1 aliphatic rings. The van der Waals surface area contributed by atoms with E-state index in [0.29, 0.717) is 4.47 Å². The van der Waals surface area contributed by atoms with Gasteiger partial charge in [0, 0.05) is 26.2 Å². The molecule has 4 nitrogen and oxygen atoms in total. The van der Waals surface area contributed by atoms with Gasteiger partial charge in [0.05, 0.1) is 10.5 Å². The highest BCUT2D eigenvalue weighted by Gasteiger charge is 2.23. The summed E-state index contributed by atoms with van der Waals surface area (Å²) in [5, 5.41) is 18.9. The van der Waals surface area contributed by atoms with Crippen LogP contribution in [0.2, 0.25) is 0 Å². The van der Waals surface area contributed by atoms with Crippen LogP contribution in [0.15, 0.2) is 22.7 Å². The van der Waals surface area contributed by atoms with Crippen LogP contribution in [0.25, 0.3) is 0 Å². The van der Waals surface area contributed by atoms with Gasteiger partial charge in [-0.25, -0.2) is 0 Å². The van der Waals surface area contributed by atoms with Crippen molar-refractivity contribution in [3.05, 3.63) is 28.2 Å². The lowest BCUT2D eigenvalue weighted by molar-refractivity contribution is 0.133. The summed E-state index contributed by atoms with van der Waals surface area (Å²) in [5.74, 6) is 0.203. The van der Waals surface area contributed by atoms with Crippen molar-refractivity contribution in [1.29, 1.82) is 5.26 Å². The van der Waals surface area contributed by atoms with Crippen molar-refractivity contribution in [3.63, 3.8) is 0 Å². The average Bonchev–Trinajstić information content (AvgIpc) is 2.37. The van der Waals surface area contributed by atoms with E-state index in [1.165, 1.54) is 0 Å². The largest absolute Gasteiger partial charge is 0.507 e. The molecule has 1 aromatic rings. The van der Waals surface area contributed by atoms with Crippen molar-refractivity contribution in [1.82, 2.24) is 9.80 Å². The van der Waals surface area contributed by atoms with Gasteiger partial charge in [-0.2, -0.15) is 5.26 Å². The van der Waals surface area contributed by atoms with E-state index in [0.717, 1.165) is 31.7 Å². The van der Waals surface area contributed by atoms with Crippen LogP contribution < -0.4 is 0 Å². The van der Waals surface area contributed by atoms with Crippen LogP contribution in [0.3, 0.4) is 0 Å². The second-order valence-corrected chi connectivity index (χ2v) is 5.44. The molecule has 1 aliphatic heterocycles. The molecule has 0 bridgehead atoms. The maximum atomic E-state index is 9.49. The van der Waals surface area contributed by atoms with Gasteiger partial charge in [0.15, 0.2) is 0 Å². The highest BCUT2D eigenvalue weighted by atomic mass is 79.9. The normalized spacial score (nSPS) is 19.4. The van der Waals surface area contributed by atoms with E-state index in [9.17, 15) is 10.4 Å². The highest BCUT2D eigenvalue weighted by molar-refractivity contribution is 9.10. The Kier molecular flexibility index (Phi) is 4.23. The van der Waals surface area contributed by atoms with Crippen molar-refractivity contribution < 1.29 is 5.11 Å². The van der Waals surface area contributed by atoms with Crippen LogP contribution in [0.1, 0.15) is 11.6 Å². The van der Waals surface area contributed by atoms with E-state index in [4.69, 9.17) is 0 Å². The van der Waals surface area contributed by atoms with Crippen LogP contribution in [-0.4, -0.2) is 48.1 Å². The van der Waals surface area contributed by atoms with Crippen molar-refractivity contribution in [2.24, 2.45) is 0 Å². The fraction of sp³-hybridized carbons (Fsp3) is 0.462. The van der Waals surface area contributed by atoms with E-state index in [2.05, 4.69) is 38.8 Å². The minimum atomic E-state index is -0.240. The number of phenolic OH excluding ortho intramolecular Hbond substituents is 1. The summed E-state index contributed by atoms with van der Waals surface area (Å²) in [5.41, 5.74) is 0.923. The standard InChI is InChI=1S/C13H16BrN3O/c1-16-4-6-17(7-5-16)12(9-15)10-2-3-13(18)11(14)8-10/h2-3,8,12,18H,4-7H2,1H3. The summed E-state index contributed by atoms with van der Waals surface area (Å²) >= 11 is 3.29. The van der Waals surface area contributed by atoms with E-state index < -0.39 is 0 Å². The van der Waals surface area contributed by atoms with Gasteiger partial charge in [-0.3, -0.25) is 4.90 Å². The Hall–Kier alpha value is -1.09. The molecule has 96 valence electrons. The number of benzene rings is 1. The Morgan fingerprint density at radius 3 is 2.56 bits per heavy atom. The van der Waals surface area contributed by atoms with Crippen LogP contribution >= 0.6 is 15.9 Å². The third-order valence-corrected chi connectivity index (χ3v) is 3.95. The molecule has 0 saturated carbocycles. The van der Waals surface area contributed by atoms with Crippen molar-refractivity contribution in [2.45, 2.75) is 6.04 Å². The van der Waals surface area contributed by atoms with Crippen LogP contribution in [0.4, 0.5) is 0 Å². The number of phenols is 1. The number of nitriles is 1. The Labute approximate surface area is 116 Å². The SMILES string of the molecule is CN1CCN(C(C#N)c2ccc(O)c(Br)c2)CC1. The molecule has 0 radical (unpaired) electrons. The Morgan fingerprint density at radius 1 is 1.33 bits per heavy atom. The van der Waals surface area contributed by atoms with E-state index in [1.54, 1.807) is 6.07 Å². The third-order valence-electron chi connectivity index (χ3n) is 3.31. The fourth-order valence-electron chi connectivity index (χ4n) is 2.14. The van der Waals surface area contributed by atoms with Crippen molar-refractivity contribution in [3.8, 4) is 11.8 Å². The number of hydrogen-bond donors (Lipinski definition) is 1. The predicted octanol–water partition coefficient (Wildman–Crippen LogP) is 1.97. The zero-order valence-corrected chi connectivity index (χ0v) is 11.9. The van der Waals surface area contributed by atoms with E-state index in [1.807, 2.05) is 12.1 Å². The summed E-state index contributed by atoms with van der Waals surface area (Å²) in [4.78, 5) is 4.44. The maximum absolute atomic E-state index is 9.49. The van der Waals surface area contributed by atoms with Gasteiger partial charge in [0.1, 0.15) is 11.8 Å². The molecule has 1 aromatic carbocycles. The van der Waals surface area contributed by atoms with Gasteiger partial charge in [0.2, 0.25) is 0 Å². The quantitative estimate of drug-likeness (QED) is 0.907. The third kappa shape index (κ3) is 2.83. The zero-order valence-electron chi connectivity index (χ0n) is 10.3. The molecule has 2 rings (SSSR count). The summed E-state index contributed by atoms with van der Waals surface area (Å²) in [6, 6.07) is 7.37. The van der Waals surface area contributed by atoms with Gasteiger partial charge in [0.25, 0.3) is 0 Å². The molecule has 5 heteroatoms. The summed E-state index contributed by atoms with van der Waals surface area (Å²) in [6.07, 6.45) is 0. The molecule has 1 unspecified atom stereocenters. The minimum absolute atomic E-state index is 0.203. The monoisotopic (exact) mass is 309 g/mol. The zero-order chi connectivity index (χ0) is 13.1. The number of nitrogens with zero attached hydrogens (tertiary/aromatic N) is 3. The molecular formula is C13H16BrN3O. The average molecular weight is 310 g/mol. The van der Waals surface area contributed by atoms with Gasteiger partial charge >= 0.3 is 0 Å². The molecular weight excluding hydrogens is 294 g/mol. The molecule has 0 spiro atoms. The lowest BCUT2D eigenvalue weighted by Gasteiger charge is -2.35. The van der Waals surface area contributed by atoms with Crippen LogP contribution in [0.5, 0.6) is 5.75 Å². The van der Waals surface area contributed by atoms with E-state index >= 15 is 0 Å². The van der Waals surface area contributed by atoms with Gasteiger partial charge < -0.3 is 10.0 Å². The molecule has 0 amide bonds. The van der Waals surface area contributed by atoms with Crippen molar-refractivity contribution >= 4 is 15.9 Å². The first-order valence-corrected chi connectivity index (χ1v) is 6.71. The number of piperazine rings is 1. The smallest absolute Gasteiger partial charge is 0.129 e. The summed E-state index contributed by atoms with van der Waals surface area (Å²) in [7, 11) is 2.09. The topological polar surface area (TPSA) is 50.5 Å². The van der Waals surface area contributed by atoms with Gasteiger partial charge in [-0.1, -0.05) is 6.07 Å². The van der Waals surface area contributed by atoms with E-state index in [-0.39, 0.29) is 11.8 Å². The minimum Gasteiger partial charge on any atom is -0.507 e. The fourth-order valence-corrected chi connectivity index (χ4v) is 2.54. The second kappa shape index (κ2) is 5.70. The Bertz CT molecular complexity index is 464. The molecule has 1 saturated heterocycles. The van der Waals surface area contributed by atoms with Gasteiger partial charge in [-0.05, 0) is 40.7 Å². The molecule has 1 N–H and O–H groups in total. The number of rotatable bonds is 2. The molecule has 18 heavy (non-hydrogen) atoms. The first-order chi connectivity index (χ1) is 8.61.